The average molecular weight is 312 g/mol. The lowest BCUT2D eigenvalue weighted by atomic mass is 9.89. The van der Waals surface area contributed by atoms with E-state index in [1.807, 2.05) is 12.1 Å². The molecule has 3 rings (SSSR count). The Balaban J connectivity index is 1.87. The topological polar surface area (TPSA) is 64.3 Å². The van der Waals surface area contributed by atoms with E-state index in [4.69, 9.17) is 10.5 Å². The van der Waals surface area contributed by atoms with Gasteiger partial charge in [-0.05, 0) is 30.9 Å². The molecule has 1 aromatic heterocycles. The normalized spacial score (nSPS) is 22.0. The molecule has 1 aliphatic heterocycles. The molecule has 0 spiro atoms. The van der Waals surface area contributed by atoms with E-state index in [0.717, 1.165) is 24.5 Å². The number of nitrogens with zero attached hydrogens (tertiary/aromatic N) is 3. The minimum atomic E-state index is 0.326. The van der Waals surface area contributed by atoms with Gasteiger partial charge in [-0.3, -0.25) is 4.90 Å². The number of nitrogens with two attached hydrogens (primary N) is 1. The van der Waals surface area contributed by atoms with Gasteiger partial charge in [0, 0.05) is 24.3 Å². The van der Waals surface area contributed by atoms with Crippen molar-refractivity contribution in [3.8, 4) is 5.75 Å². The Morgan fingerprint density at radius 2 is 2.09 bits per heavy atom. The van der Waals surface area contributed by atoms with Crippen LogP contribution in [0.15, 0.2) is 36.5 Å². The van der Waals surface area contributed by atoms with Crippen LogP contribution in [0.1, 0.15) is 37.2 Å². The number of methoxy groups -OCH3 is 1. The minimum absolute atomic E-state index is 0.326. The van der Waals surface area contributed by atoms with E-state index in [2.05, 4.69) is 33.9 Å². The number of benzene rings is 1. The predicted molar refractivity (Wildman–Crippen MR) is 91.0 cm³/mol. The smallest absolute Gasteiger partial charge is 0.144 e. The lowest BCUT2D eigenvalue weighted by Crippen LogP contribution is -2.37. The average Bonchev–Trinajstić information content (AvgIpc) is 2.55. The fraction of sp³-hybridized carbons (Fsp3) is 0.444. The summed E-state index contributed by atoms with van der Waals surface area (Å²) in [4.78, 5) is 11.2. The second-order valence-corrected chi connectivity index (χ2v) is 6.27. The maximum absolute atomic E-state index is 5.79. The first kappa shape index (κ1) is 15.7. The molecule has 0 amide bonds. The largest absolute Gasteiger partial charge is 0.496 e. The van der Waals surface area contributed by atoms with E-state index in [0.29, 0.717) is 24.3 Å². The summed E-state index contributed by atoms with van der Waals surface area (Å²) < 4.78 is 5.57. The second kappa shape index (κ2) is 6.96. The molecule has 1 aliphatic rings. The van der Waals surface area contributed by atoms with Gasteiger partial charge in [-0.1, -0.05) is 25.1 Å². The van der Waals surface area contributed by atoms with Crippen molar-refractivity contribution < 1.29 is 4.74 Å². The van der Waals surface area contributed by atoms with E-state index >= 15 is 0 Å². The molecule has 5 nitrogen and oxygen atoms in total. The molecule has 122 valence electrons. The maximum Gasteiger partial charge on any atom is 0.144 e. The van der Waals surface area contributed by atoms with Crippen LogP contribution in [0.25, 0.3) is 0 Å². The summed E-state index contributed by atoms with van der Waals surface area (Å²) in [6, 6.07) is 10.3. The van der Waals surface area contributed by atoms with Crippen LogP contribution in [-0.4, -0.2) is 28.5 Å². The molecule has 2 N–H and O–H groups in total. The number of aromatic nitrogens is 2. The van der Waals surface area contributed by atoms with Gasteiger partial charge in [0.15, 0.2) is 0 Å². The van der Waals surface area contributed by atoms with Crippen LogP contribution < -0.4 is 10.5 Å². The summed E-state index contributed by atoms with van der Waals surface area (Å²) in [5.41, 5.74) is 7.03. The number of likely N-dealkylation sites (tertiary alicyclic amines) is 1. The fourth-order valence-electron chi connectivity index (χ4n) is 3.39. The van der Waals surface area contributed by atoms with Crippen molar-refractivity contribution in [1.82, 2.24) is 14.9 Å². The zero-order valence-electron chi connectivity index (χ0n) is 13.8. The number of nitrogen functional groups attached to an aromatic ring is 1. The third-order valence-corrected chi connectivity index (χ3v) is 4.49. The van der Waals surface area contributed by atoms with Gasteiger partial charge in [0.05, 0.1) is 13.7 Å². The summed E-state index contributed by atoms with van der Waals surface area (Å²) >= 11 is 0. The highest BCUT2D eigenvalue weighted by Gasteiger charge is 2.29. The summed E-state index contributed by atoms with van der Waals surface area (Å²) in [7, 11) is 1.73. The van der Waals surface area contributed by atoms with Crippen molar-refractivity contribution in [2.45, 2.75) is 32.4 Å². The number of anilines is 1. The van der Waals surface area contributed by atoms with Gasteiger partial charge in [0.25, 0.3) is 0 Å². The lowest BCUT2D eigenvalue weighted by Gasteiger charge is -2.39. The predicted octanol–water partition coefficient (Wildman–Crippen LogP) is 3.04. The molecular formula is C18H24N4O. The van der Waals surface area contributed by atoms with Crippen LogP contribution in [0.2, 0.25) is 0 Å². The molecule has 0 radical (unpaired) electrons. The molecule has 23 heavy (non-hydrogen) atoms. The van der Waals surface area contributed by atoms with Gasteiger partial charge in [0.1, 0.15) is 17.4 Å². The Kier molecular flexibility index (Phi) is 4.76. The van der Waals surface area contributed by atoms with Crippen molar-refractivity contribution in [1.29, 1.82) is 0 Å². The number of para-hydroxylation sites is 1. The molecule has 2 aromatic rings. The number of ether oxygens (including phenoxy) is 1. The molecule has 2 heterocycles. The number of hydrogen-bond donors (Lipinski definition) is 1. The highest BCUT2D eigenvalue weighted by molar-refractivity contribution is 5.36. The minimum Gasteiger partial charge on any atom is -0.496 e. The van der Waals surface area contributed by atoms with E-state index in [1.165, 1.54) is 12.0 Å². The van der Waals surface area contributed by atoms with Crippen LogP contribution in [0.4, 0.5) is 5.82 Å². The monoisotopic (exact) mass is 312 g/mol. The molecule has 1 aromatic carbocycles. The lowest BCUT2D eigenvalue weighted by molar-refractivity contribution is 0.101. The molecule has 5 heteroatoms. The van der Waals surface area contributed by atoms with Crippen molar-refractivity contribution >= 4 is 5.82 Å². The highest BCUT2D eigenvalue weighted by atomic mass is 16.5. The Morgan fingerprint density at radius 3 is 2.87 bits per heavy atom. The zero-order chi connectivity index (χ0) is 16.2. The van der Waals surface area contributed by atoms with E-state index < -0.39 is 0 Å². The van der Waals surface area contributed by atoms with Crippen molar-refractivity contribution in [3.05, 3.63) is 47.9 Å². The number of rotatable bonds is 4. The second-order valence-electron chi connectivity index (χ2n) is 6.27. The van der Waals surface area contributed by atoms with Gasteiger partial charge in [-0.25, -0.2) is 9.97 Å². The SMILES string of the molecule is COc1ccccc1[C@H]1CC[C@H](C)CN1Cc1nccc(N)n1. The molecule has 0 aliphatic carbocycles. The van der Waals surface area contributed by atoms with Gasteiger partial charge >= 0.3 is 0 Å². The van der Waals surface area contributed by atoms with Gasteiger partial charge in [-0.15, -0.1) is 0 Å². The van der Waals surface area contributed by atoms with Gasteiger partial charge in [0.2, 0.25) is 0 Å². The Bertz CT molecular complexity index is 661. The Labute approximate surface area is 137 Å². The quantitative estimate of drug-likeness (QED) is 0.940. The standard InChI is InChI=1S/C18H24N4O/c1-13-7-8-15(14-5-3-4-6-16(14)23-2)22(11-13)12-18-20-10-9-17(19)21-18/h3-6,9-10,13,15H,7-8,11-12H2,1-2H3,(H2,19,20,21)/t13-,15+/m0/s1. The van der Waals surface area contributed by atoms with Crippen LogP contribution in [-0.2, 0) is 6.54 Å². The molecule has 0 saturated carbocycles. The third-order valence-electron chi connectivity index (χ3n) is 4.49. The molecule has 1 saturated heterocycles. The van der Waals surface area contributed by atoms with E-state index in [-0.39, 0.29) is 0 Å². The van der Waals surface area contributed by atoms with Crippen LogP contribution >= 0.6 is 0 Å². The first-order valence-electron chi connectivity index (χ1n) is 8.11. The first-order valence-corrected chi connectivity index (χ1v) is 8.11. The molecule has 0 bridgehead atoms. The number of piperidine rings is 1. The van der Waals surface area contributed by atoms with Gasteiger partial charge in [-0.2, -0.15) is 0 Å². The highest BCUT2D eigenvalue weighted by Crippen LogP contribution is 2.38. The first-order chi connectivity index (χ1) is 11.2. The number of hydrogen-bond acceptors (Lipinski definition) is 5. The van der Waals surface area contributed by atoms with E-state index in [9.17, 15) is 0 Å². The summed E-state index contributed by atoms with van der Waals surface area (Å²) in [5, 5.41) is 0. The summed E-state index contributed by atoms with van der Waals surface area (Å²) in [5.74, 6) is 2.92. The zero-order valence-corrected chi connectivity index (χ0v) is 13.8. The van der Waals surface area contributed by atoms with Crippen LogP contribution in [0.3, 0.4) is 0 Å². The van der Waals surface area contributed by atoms with Crippen molar-refractivity contribution in [3.63, 3.8) is 0 Å². The summed E-state index contributed by atoms with van der Waals surface area (Å²) in [6.07, 6.45) is 4.06. The molecule has 2 atom stereocenters. The molecule has 0 unspecified atom stereocenters. The molecule has 1 fully saturated rings. The molecular weight excluding hydrogens is 288 g/mol. The van der Waals surface area contributed by atoms with Crippen molar-refractivity contribution in [2.75, 3.05) is 19.4 Å². The van der Waals surface area contributed by atoms with Crippen molar-refractivity contribution in [2.24, 2.45) is 5.92 Å². The van der Waals surface area contributed by atoms with E-state index in [1.54, 1.807) is 19.4 Å². The van der Waals surface area contributed by atoms with Crippen LogP contribution in [0.5, 0.6) is 5.75 Å². The van der Waals surface area contributed by atoms with Crippen LogP contribution in [0, 0.1) is 5.92 Å². The Hall–Kier alpha value is -2.14. The third kappa shape index (κ3) is 3.62. The maximum atomic E-state index is 5.79. The van der Waals surface area contributed by atoms with Gasteiger partial charge < -0.3 is 10.5 Å². The fourth-order valence-corrected chi connectivity index (χ4v) is 3.39. The summed E-state index contributed by atoms with van der Waals surface area (Å²) in [6.45, 7) is 4.03. The Morgan fingerprint density at radius 1 is 1.26 bits per heavy atom.